The van der Waals surface area contributed by atoms with Crippen LogP contribution >= 0.6 is 0 Å². The van der Waals surface area contributed by atoms with Gasteiger partial charge in [-0.1, -0.05) is 6.07 Å². The van der Waals surface area contributed by atoms with Gasteiger partial charge in [-0.2, -0.15) is 0 Å². The SMILES string of the molecule is CCOC(=O)C1=C(C)NC(C)=C([N+](=O)[O-])[C@@H]1c1cccc(C)n1. The van der Waals surface area contributed by atoms with Gasteiger partial charge < -0.3 is 10.1 Å². The highest BCUT2D eigenvalue weighted by Gasteiger charge is 2.41. The van der Waals surface area contributed by atoms with Crippen LogP contribution in [0.25, 0.3) is 0 Å². The Balaban J connectivity index is 2.65. The van der Waals surface area contributed by atoms with Crippen molar-refractivity contribution in [2.24, 2.45) is 0 Å². The van der Waals surface area contributed by atoms with Crippen molar-refractivity contribution < 1.29 is 14.5 Å². The highest BCUT2D eigenvalue weighted by atomic mass is 16.6. The molecule has 1 aliphatic rings. The molecule has 0 aromatic carbocycles. The Labute approximate surface area is 134 Å². The zero-order valence-corrected chi connectivity index (χ0v) is 13.5. The number of allylic oxidation sites excluding steroid dienone is 3. The Bertz CT molecular complexity index is 722. The van der Waals surface area contributed by atoms with Gasteiger partial charge in [0.15, 0.2) is 0 Å². The van der Waals surface area contributed by atoms with E-state index < -0.39 is 16.8 Å². The fourth-order valence-corrected chi connectivity index (χ4v) is 2.72. The molecule has 1 aromatic heterocycles. The van der Waals surface area contributed by atoms with Crippen molar-refractivity contribution in [2.75, 3.05) is 6.61 Å². The van der Waals surface area contributed by atoms with Crippen LogP contribution in [-0.2, 0) is 9.53 Å². The van der Waals surface area contributed by atoms with E-state index >= 15 is 0 Å². The number of ether oxygens (including phenoxy) is 1. The van der Waals surface area contributed by atoms with Crippen LogP contribution in [0.15, 0.2) is 40.9 Å². The summed E-state index contributed by atoms with van der Waals surface area (Å²) in [6.07, 6.45) is 0. The van der Waals surface area contributed by atoms with Crippen LogP contribution in [0.4, 0.5) is 0 Å². The molecule has 0 aliphatic carbocycles. The van der Waals surface area contributed by atoms with Gasteiger partial charge in [-0.05, 0) is 39.8 Å². The molecule has 1 aromatic rings. The lowest BCUT2D eigenvalue weighted by atomic mass is 9.86. The number of nitro groups is 1. The van der Waals surface area contributed by atoms with E-state index in [1.54, 1.807) is 45.9 Å². The summed E-state index contributed by atoms with van der Waals surface area (Å²) in [5, 5.41) is 14.5. The van der Waals surface area contributed by atoms with E-state index in [4.69, 9.17) is 4.74 Å². The minimum absolute atomic E-state index is 0.0863. The normalized spacial score (nSPS) is 17.8. The van der Waals surface area contributed by atoms with E-state index in [2.05, 4.69) is 10.3 Å². The van der Waals surface area contributed by atoms with Gasteiger partial charge in [-0.15, -0.1) is 0 Å². The first kappa shape index (κ1) is 16.7. The van der Waals surface area contributed by atoms with E-state index in [9.17, 15) is 14.9 Å². The quantitative estimate of drug-likeness (QED) is 0.520. The lowest BCUT2D eigenvalue weighted by Crippen LogP contribution is -2.32. The molecule has 0 amide bonds. The van der Waals surface area contributed by atoms with Gasteiger partial charge in [0.05, 0.1) is 28.5 Å². The monoisotopic (exact) mass is 317 g/mol. The molecule has 1 atom stereocenters. The summed E-state index contributed by atoms with van der Waals surface area (Å²) in [6, 6.07) is 5.25. The Kier molecular flexibility index (Phi) is 4.78. The van der Waals surface area contributed by atoms with Crippen molar-refractivity contribution in [3.63, 3.8) is 0 Å². The van der Waals surface area contributed by atoms with E-state index in [0.717, 1.165) is 5.69 Å². The van der Waals surface area contributed by atoms with Gasteiger partial charge in [-0.25, -0.2) is 4.79 Å². The number of aryl methyl sites for hydroxylation is 1. The van der Waals surface area contributed by atoms with Crippen LogP contribution in [-0.4, -0.2) is 22.5 Å². The number of carbonyl (C=O) groups is 1. The number of rotatable bonds is 4. The number of pyridine rings is 1. The molecule has 23 heavy (non-hydrogen) atoms. The maximum absolute atomic E-state index is 12.4. The Morgan fingerprint density at radius 2 is 2.04 bits per heavy atom. The fourth-order valence-electron chi connectivity index (χ4n) is 2.72. The van der Waals surface area contributed by atoms with E-state index in [1.807, 2.05) is 0 Å². The third-order valence-electron chi connectivity index (χ3n) is 3.62. The lowest BCUT2D eigenvalue weighted by molar-refractivity contribution is -0.431. The molecule has 0 saturated heterocycles. The van der Waals surface area contributed by atoms with Crippen molar-refractivity contribution in [1.82, 2.24) is 10.3 Å². The number of nitrogens with zero attached hydrogens (tertiary/aromatic N) is 2. The van der Waals surface area contributed by atoms with Crippen molar-refractivity contribution in [2.45, 2.75) is 33.6 Å². The summed E-state index contributed by atoms with van der Waals surface area (Å²) < 4.78 is 5.09. The topological polar surface area (TPSA) is 94.4 Å². The largest absolute Gasteiger partial charge is 0.463 e. The molecule has 0 bridgehead atoms. The Morgan fingerprint density at radius 1 is 1.35 bits per heavy atom. The third kappa shape index (κ3) is 3.23. The highest BCUT2D eigenvalue weighted by Crippen LogP contribution is 2.37. The van der Waals surface area contributed by atoms with Gasteiger partial charge in [-0.3, -0.25) is 15.1 Å². The highest BCUT2D eigenvalue weighted by molar-refractivity contribution is 5.92. The maximum Gasteiger partial charge on any atom is 0.337 e. The third-order valence-corrected chi connectivity index (χ3v) is 3.62. The summed E-state index contributed by atoms with van der Waals surface area (Å²) in [6.45, 7) is 7.01. The predicted molar refractivity (Wildman–Crippen MR) is 83.9 cm³/mol. The summed E-state index contributed by atoms with van der Waals surface area (Å²) in [4.78, 5) is 27.8. The minimum Gasteiger partial charge on any atom is -0.463 e. The zero-order chi connectivity index (χ0) is 17.1. The Hall–Kier alpha value is -2.70. The van der Waals surface area contributed by atoms with Crippen molar-refractivity contribution in [3.05, 3.63) is 62.4 Å². The molecule has 7 heteroatoms. The summed E-state index contributed by atoms with van der Waals surface area (Å²) in [7, 11) is 0. The van der Waals surface area contributed by atoms with Crippen LogP contribution in [0, 0.1) is 17.0 Å². The summed E-state index contributed by atoms with van der Waals surface area (Å²) >= 11 is 0. The van der Waals surface area contributed by atoms with Gasteiger partial charge in [0.25, 0.3) is 5.70 Å². The van der Waals surface area contributed by atoms with Crippen molar-refractivity contribution in [3.8, 4) is 0 Å². The van der Waals surface area contributed by atoms with Crippen LogP contribution in [0.5, 0.6) is 0 Å². The fraction of sp³-hybridized carbons (Fsp3) is 0.375. The molecule has 0 saturated carbocycles. The number of hydrogen-bond acceptors (Lipinski definition) is 6. The van der Waals surface area contributed by atoms with E-state index in [-0.39, 0.29) is 17.9 Å². The number of nitrogens with one attached hydrogen (secondary N) is 1. The average Bonchev–Trinajstić information content (AvgIpc) is 2.46. The van der Waals surface area contributed by atoms with Crippen LogP contribution in [0.3, 0.4) is 0 Å². The Morgan fingerprint density at radius 3 is 2.61 bits per heavy atom. The molecular formula is C16H19N3O4. The summed E-state index contributed by atoms with van der Waals surface area (Å²) in [5.41, 5.74) is 2.26. The molecule has 2 rings (SSSR count). The predicted octanol–water partition coefficient (Wildman–Crippen LogP) is 2.42. The first-order valence-electron chi connectivity index (χ1n) is 7.30. The second kappa shape index (κ2) is 6.60. The molecule has 0 spiro atoms. The molecule has 2 heterocycles. The number of hydrogen-bond donors (Lipinski definition) is 1. The number of dihydropyridines is 1. The standard InChI is InChI=1S/C16H19N3O4/c1-5-23-16(20)13-10(3)18-11(4)15(19(21)22)14(13)12-8-6-7-9(2)17-12/h6-8,14,18H,5H2,1-4H3/t14-/m1/s1. The molecule has 1 N–H and O–H groups in total. The van der Waals surface area contributed by atoms with Crippen molar-refractivity contribution >= 4 is 5.97 Å². The number of esters is 1. The van der Waals surface area contributed by atoms with Crippen LogP contribution in [0.2, 0.25) is 0 Å². The second-order valence-corrected chi connectivity index (χ2v) is 5.29. The molecule has 122 valence electrons. The van der Waals surface area contributed by atoms with Gasteiger partial charge in [0, 0.05) is 11.4 Å². The van der Waals surface area contributed by atoms with Gasteiger partial charge >= 0.3 is 5.97 Å². The molecule has 1 aliphatic heterocycles. The maximum atomic E-state index is 12.4. The first-order chi connectivity index (χ1) is 10.9. The summed E-state index contributed by atoms with van der Waals surface area (Å²) in [5.74, 6) is -1.43. The van der Waals surface area contributed by atoms with Crippen LogP contribution < -0.4 is 5.32 Å². The first-order valence-corrected chi connectivity index (χ1v) is 7.30. The average molecular weight is 317 g/mol. The molecular weight excluding hydrogens is 298 g/mol. The van der Waals surface area contributed by atoms with Gasteiger partial charge in [0.2, 0.25) is 0 Å². The van der Waals surface area contributed by atoms with Crippen molar-refractivity contribution in [1.29, 1.82) is 0 Å². The van der Waals surface area contributed by atoms with E-state index in [0.29, 0.717) is 17.1 Å². The van der Waals surface area contributed by atoms with Crippen LogP contribution in [0.1, 0.15) is 38.1 Å². The van der Waals surface area contributed by atoms with E-state index in [1.165, 1.54) is 0 Å². The molecule has 0 radical (unpaired) electrons. The lowest BCUT2D eigenvalue weighted by Gasteiger charge is -2.25. The second-order valence-electron chi connectivity index (χ2n) is 5.29. The van der Waals surface area contributed by atoms with Gasteiger partial charge in [0.1, 0.15) is 5.92 Å². The number of carbonyl (C=O) groups excluding carboxylic acids is 1. The molecule has 0 unspecified atom stereocenters. The minimum atomic E-state index is -0.856. The molecule has 7 nitrogen and oxygen atoms in total. The molecule has 0 fully saturated rings. The smallest absolute Gasteiger partial charge is 0.337 e. The number of aromatic nitrogens is 1. The zero-order valence-electron chi connectivity index (χ0n) is 13.5.